The van der Waals surface area contributed by atoms with Gasteiger partial charge in [-0.15, -0.1) is 0 Å². The minimum absolute atomic E-state index is 0.135. The van der Waals surface area contributed by atoms with Crippen molar-refractivity contribution in [3.05, 3.63) is 94.0 Å². The summed E-state index contributed by atoms with van der Waals surface area (Å²) >= 11 is 5.89. The summed E-state index contributed by atoms with van der Waals surface area (Å²) in [6.07, 6.45) is 0. The number of nitrogens with zero attached hydrogens (tertiary/aromatic N) is 1. The maximum atomic E-state index is 12.8. The molecule has 3 amide bonds. The number of hydrogen-bond acceptors (Lipinski definition) is 4. The molecule has 4 rings (SSSR count). The number of phenols is 1. The Kier molecular flexibility index (Phi) is 4.78. The number of rotatable bonds is 4. The molecule has 29 heavy (non-hydrogen) atoms. The number of aromatic hydroxyl groups is 1. The van der Waals surface area contributed by atoms with Crippen LogP contribution in [0.5, 0.6) is 5.75 Å². The average Bonchev–Trinajstić information content (AvgIpc) is 2.96. The maximum absolute atomic E-state index is 12.8. The minimum atomic E-state index is -0.535. The third kappa shape index (κ3) is 3.58. The first-order valence-electron chi connectivity index (χ1n) is 8.78. The van der Waals surface area contributed by atoms with Crippen molar-refractivity contribution in [2.45, 2.75) is 6.54 Å². The van der Waals surface area contributed by atoms with Crippen LogP contribution in [0.15, 0.2) is 66.7 Å². The highest BCUT2D eigenvalue weighted by Crippen LogP contribution is 2.29. The number of nitrogens with one attached hydrogen (secondary N) is 1. The average molecular weight is 407 g/mol. The summed E-state index contributed by atoms with van der Waals surface area (Å²) in [4.78, 5) is 39.1. The first kappa shape index (κ1) is 18.7. The van der Waals surface area contributed by atoms with Gasteiger partial charge in [0, 0.05) is 10.6 Å². The van der Waals surface area contributed by atoms with Crippen molar-refractivity contribution in [1.82, 2.24) is 4.90 Å². The van der Waals surface area contributed by atoms with Crippen LogP contribution in [0.4, 0.5) is 5.69 Å². The van der Waals surface area contributed by atoms with Gasteiger partial charge in [0.2, 0.25) is 0 Å². The fourth-order valence-electron chi connectivity index (χ4n) is 3.14. The normalized spacial score (nSPS) is 12.8. The van der Waals surface area contributed by atoms with Crippen LogP contribution in [-0.2, 0) is 6.54 Å². The van der Waals surface area contributed by atoms with Gasteiger partial charge in [-0.1, -0.05) is 41.9 Å². The predicted octanol–water partition coefficient (Wildman–Crippen LogP) is 4.09. The van der Waals surface area contributed by atoms with E-state index in [1.165, 1.54) is 36.4 Å². The van der Waals surface area contributed by atoms with Gasteiger partial charge in [0.15, 0.2) is 0 Å². The monoisotopic (exact) mass is 406 g/mol. The first-order valence-corrected chi connectivity index (χ1v) is 9.16. The van der Waals surface area contributed by atoms with Gasteiger partial charge in [-0.3, -0.25) is 19.3 Å². The predicted molar refractivity (Wildman–Crippen MR) is 108 cm³/mol. The molecule has 0 saturated heterocycles. The second-order valence-electron chi connectivity index (χ2n) is 6.56. The third-order valence-corrected chi connectivity index (χ3v) is 4.86. The SMILES string of the molecule is O=C(Nc1cc(Cl)ccc1O)c1ccc2c(c1)C(=O)N(Cc1ccccc1)C2=O. The summed E-state index contributed by atoms with van der Waals surface area (Å²) in [7, 11) is 0. The summed E-state index contributed by atoms with van der Waals surface area (Å²) < 4.78 is 0. The molecular weight excluding hydrogens is 392 g/mol. The molecule has 6 nitrogen and oxygen atoms in total. The van der Waals surface area contributed by atoms with E-state index in [9.17, 15) is 19.5 Å². The number of hydrogen-bond donors (Lipinski definition) is 2. The van der Waals surface area contributed by atoms with E-state index in [4.69, 9.17) is 11.6 Å². The van der Waals surface area contributed by atoms with Crippen molar-refractivity contribution in [3.8, 4) is 5.75 Å². The van der Waals surface area contributed by atoms with Gasteiger partial charge in [-0.05, 0) is 42.0 Å². The molecule has 0 unspecified atom stereocenters. The smallest absolute Gasteiger partial charge is 0.261 e. The number of anilines is 1. The van der Waals surface area contributed by atoms with Crippen LogP contribution in [0.3, 0.4) is 0 Å². The molecule has 1 aliphatic rings. The lowest BCUT2D eigenvalue weighted by molar-refractivity contribution is 0.0642. The summed E-state index contributed by atoms with van der Waals surface area (Å²) in [6, 6.07) is 17.8. The molecule has 1 heterocycles. The van der Waals surface area contributed by atoms with Gasteiger partial charge >= 0.3 is 0 Å². The topological polar surface area (TPSA) is 86.7 Å². The van der Waals surface area contributed by atoms with E-state index in [2.05, 4.69) is 5.32 Å². The molecule has 3 aromatic carbocycles. The Labute approximate surface area is 171 Å². The van der Waals surface area contributed by atoms with Crippen LogP contribution in [0.25, 0.3) is 0 Å². The van der Waals surface area contributed by atoms with Gasteiger partial charge in [-0.2, -0.15) is 0 Å². The van der Waals surface area contributed by atoms with Crippen molar-refractivity contribution >= 4 is 35.0 Å². The van der Waals surface area contributed by atoms with E-state index in [0.717, 1.165) is 10.5 Å². The molecule has 0 aliphatic carbocycles. The molecule has 0 spiro atoms. The fourth-order valence-corrected chi connectivity index (χ4v) is 3.32. The lowest BCUT2D eigenvalue weighted by atomic mass is 10.1. The van der Waals surface area contributed by atoms with E-state index >= 15 is 0 Å². The van der Waals surface area contributed by atoms with Gasteiger partial charge in [0.1, 0.15) is 5.75 Å². The maximum Gasteiger partial charge on any atom is 0.261 e. The van der Waals surface area contributed by atoms with Crippen molar-refractivity contribution in [1.29, 1.82) is 0 Å². The Morgan fingerprint density at radius 2 is 1.66 bits per heavy atom. The summed E-state index contributed by atoms with van der Waals surface area (Å²) in [6.45, 7) is 0.158. The quantitative estimate of drug-likeness (QED) is 0.504. The number of halogens is 1. The molecule has 7 heteroatoms. The van der Waals surface area contributed by atoms with Gasteiger partial charge in [-0.25, -0.2) is 0 Å². The number of amides is 3. The van der Waals surface area contributed by atoms with Crippen LogP contribution in [0.1, 0.15) is 36.6 Å². The van der Waals surface area contributed by atoms with Crippen molar-refractivity contribution in [3.63, 3.8) is 0 Å². The van der Waals surface area contributed by atoms with Crippen LogP contribution in [0, 0.1) is 0 Å². The van der Waals surface area contributed by atoms with Crippen molar-refractivity contribution < 1.29 is 19.5 Å². The zero-order chi connectivity index (χ0) is 20.5. The Bertz CT molecular complexity index is 1140. The molecular formula is C22H15ClN2O4. The standard InChI is InChI=1S/C22H15ClN2O4/c23-15-7-9-19(26)18(11-15)24-20(27)14-6-8-16-17(10-14)22(29)25(21(16)28)12-13-4-2-1-3-5-13/h1-11,26H,12H2,(H,24,27). The Balaban J connectivity index is 1.58. The number of carbonyl (C=O) groups is 3. The van der Waals surface area contributed by atoms with Crippen LogP contribution in [-0.4, -0.2) is 27.7 Å². The summed E-state index contributed by atoms with van der Waals surface area (Å²) in [5, 5.41) is 12.8. The van der Waals surface area contributed by atoms with Gasteiger partial charge in [0.25, 0.3) is 17.7 Å². The second-order valence-corrected chi connectivity index (χ2v) is 6.99. The van der Waals surface area contributed by atoms with E-state index in [1.54, 1.807) is 0 Å². The second kappa shape index (κ2) is 7.41. The summed E-state index contributed by atoms with van der Waals surface area (Å²) in [5.41, 5.74) is 1.60. The molecule has 3 aromatic rings. The molecule has 0 bridgehead atoms. The molecule has 144 valence electrons. The molecule has 0 atom stereocenters. The number of phenolic OH excluding ortho intramolecular Hbond substituents is 1. The Hall–Kier alpha value is -3.64. The lowest BCUT2D eigenvalue weighted by Gasteiger charge is -2.13. The van der Waals surface area contributed by atoms with E-state index in [-0.39, 0.29) is 34.7 Å². The summed E-state index contributed by atoms with van der Waals surface area (Å²) in [5.74, 6) is -1.52. The van der Waals surface area contributed by atoms with Crippen LogP contribution in [0.2, 0.25) is 5.02 Å². The molecule has 1 aliphatic heterocycles. The minimum Gasteiger partial charge on any atom is -0.506 e. The number of imide groups is 1. The largest absolute Gasteiger partial charge is 0.506 e. The van der Waals surface area contributed by atoms with Crippen LogP contribution >= 0.6 is 11.6 Å². The Morgan fingerprint density at radius 1 is 0.931 bits per heavy atom. The van der Waals surface area contributed by atoms with E-state index in [0.29, 0.717) is 5.02 Å². The molecule has 0 radical (unpaired) electrons. The molecule has 0 aromatic heterocycles. The van der Waals surface area contributed by atoms with Crippen molar-refractivity contribution in [2.24, 2.45) is 0 Å². The first-order chi connectivity index (χ1) is 13.9. The third-order valence-electron chi connectivity index (χ3n) is 4.62. The van der Waals surface area contributed by atoms with E-state index < -0.39 is 17.7 Å². The lowest BCUT2D eigenvalue weighted by Crippen LogP contribution is -2.29. The zero-order valence-corrected chi connectivity index (χ0v) is 15.8. The number of benzene rings is 3. The molecule has 2 N–H and O–H groups in total. The van der Waals surface area contributed by atoms with Gasteiger partial charge < -0.3 is 10.4 Å². The Morgan fingerprint density at radius 3 is 2.41 bits per heavy atom. The highest BCUT2D eigenvalue weighted by atomic mass is 35.5. The highest BCUT2D eigenvalue weighted by Gasteiger charge is 2.36. The molecule has 0 fully saturated rings. The molecule has 0 saturated carbocycles. The fraction of sp³-hybridized carbons (Fsp3) is 0.0455. The highest BCUT2D eigenvalue weighted by molar-refractivity contribution is 6.31. The van der Waals surface area contributed by atoms with E-state index in [1.807, 2.05) is 30.3 Å². The van der Waals surface area contributed by atoms with Crippen molar-refractivity contribution in [2.75, 3.05) is 5.32 Å². The number of fused-ring (bicyclic) bond motifs is 1. The zero-order valence-electron chi connectivity index (χ0n) is 15.1. The number of carbonyl (C=O) groups excluding carboxylic acids is 3. The van der Waals surface area contributed by atoms with Crippen LogP contribution < -0.4 is 5.32 Å². The van der Waals surface area contributed by atoms with Gasteiger partial charge in [0.05, 0.1) is 23.4 Å².